The highest BCUT2D eigenvalue weighted by Crippen LogP contribution is 2.17. The van der Waals surface area contributed by atoms with Crippen molar-refractivity contribution in [3.05, 3.63) is 34.3 Å². The number of aryl methyl sites for hydroxylation is 1. The lowest BCUT2D eigenvalue weighted by Crippen LogP contribution is -2.41. The fourth-order valence-electron chi connectivity index (χ4n) is 1.28. The normalized spacial score (nSPS) is 11.1. The van der Waals surface area contributed by atoms with Gasteiger partial charge in [-0.1, -0.05) is 37.7 Å². The van der Waals surface area contributed by atoms with Crippen LogP contribution in [0.15, 0.2) is 18.2 Å². The van der Waals surface area contributed by atoms with Gasteiger partial charge in [0.15, 0.2) is 0 Å². The van der Waals surface area contributed by atoms with Crippen LogP contribution >= 0.6 is 23.8 Å². The summed E-state index contributed by atoms with van der Waals surface area (Å²) in [5.41, 5.74) is 6.66. The molecule has 0 aromatic heterocycles. The van der Waals surface area contributed by atoms with E-state index in [1.54, 1.807) is 18.2 Å². The van der Waals surface area contributed by atoms with E-state index in [1.807, 2.05) is 20.8 Å². The number of nitrogens with one attached hydrogen (secondary N) is 1. The minimum Gasteiger partial charge on any atom is -0.393 e. The monoisotopic (exact) mass is 284 g/mol. The highest BCUT2D eigenvalue weighted by Gasteiger charge is 2.22. The Morgan fingerprint density at radius 2 is 2.11 bits per heavy atom. The quantitative estimate of drug-likeness (QED) is 0.836. The van der Waals surface area contributed by atoms with Crippen molar-refractivity contribution >= 4 is 34.7 Å². The van der Waals surface area contributed by atoms with Gasteiger partial charge in [0, 0.05) is 22.5 Å². The lowest BCUT2D eigenvalue weighted by molar-refractivity contribution is 0.0945. The topological polar surface area (TPSA) is 55.1 Å². The largest absolute Gasteiger partial charge is 0.393 e. The third-order valence-corrected chi connectivity index (χ3v) is 3.75. The van der Waals surface area contributed by atoms with Gasteiger partial charge in [0.05, 0.1) is 4.99 Å². The molecular formula is C13H17ClN2OS. The Morgan fingerprint density at radius 1 is 1.50 bits per heavy atom. The molecule has 0 saturated carbocycles. The molecule has 0 aliphatic carbocycles. The van der Waals surface area contributed by atoms with Crippen molar-refractivity contribution in [1.82, 2.24) is 5.32 Å². The maximum Gasteiger partial charge on any atom is 0.251 e. The summed E-state index contributed by atoms with van der Waals surface area (Å²) in [5, 5.41) is 3.47. The molecule has 0 aliphatic rings. The van der Waals surface area contributed by atoms with Crippen LogP contribution < -0.4 is 11.1 Å². The smallest absolute Gasteiger partial charge is 0.251 e. The Bertz CT molecular complexity index is 486. The molecule has 98 valence electrons. The van der Waals surface area contributed by atoms with E-state index in [0.717, 1.165) is 5.56 Å². The van der Waals surface area contributed by atoms with Crippen molar-refractivity contribution in [2.24, 2.45) is 11.1 Å². The van der Waals surface area contributed by atoms with E-state index < -0.39 is 5.41 Å². The van der Waals surface area contributed by atoms with Crippen LogP contribution in [0.4, 0.5) is 0 Å². The fourth-order valence-corrected chi connectivity index (χ4v) is 1.47. The average Bonchev–Trinajstić information content (AvgIpc) is 2.29. The number of carbonyl (C=O) groups is 1. The predicted molar refractivity (Wildman–Crippen MR) is 79.1 cm³/mol. The molecule has 0 unspecified atom stereocenters. The lowest BCUT2D eigenvalue weighted by Gasteiger charge is -2.23. The van der Waals surface area contributed by atoms with E-state index >= 15 is 0 Å². The van der Waals surface area contributed by atoms with Crippen molar-refractivity contribution in [2.75, 3.05) is 6.54 Å². The first-order chi connectivity index (χ1) is 8.24. The second-order valence-electron chi connectivity index (χ2n) is 4.89. The molecule has 0 heterocycles. The molecule has 5 heteroatoms. The van der Waals surface area contributed by atoms with E-state index in [0.29, 0.717) is 22.1 Å². The number of rotatable bonds is 4. The molecule has 0 aliphatic heterocycles. The lowest BCUT2D eigenvalue weighted by atomic mass is 9.93. The second-order valence-corrected chi connectivity index (χ2v) is 5.74. The first-order valence-corrected chi connectivity index (χ1v) is 6.37. The first-order valence-electron chi connectivity index (χ1n) is 5.58. The minimum atomic E-state index is -0.396. The van der Waals surface area contributed by atoms with Crippen molar-refractivity contribution < 1.29 is 4.79 Å². The molecule has 0 atom stereocenters. The van der Waals surface area contributed by atoms with E-state index in [2.05, 4.69) is 5.32 Å². The van der Waals surface area contributed by atoms with E-state index in [9.17, 15) is 4.79 Å². The summed E-state index contributed by atoms with van der Waals surface area (Å²) < 4.78 is 0. The highest BCUT2D eigenvalue weighted by atomic mass is 35.5. The molecular weight excluding hydrogens is 268 g/mol. The van der Waals surface area contributed by atoms with Gasteiger partial charge in [-0.3, -0.25) is 4.79 Å². The van der Waals surface area contributed by atoms with Gasteiger partial charge in [0.25, 0.3) is 5.91 Å². The summed E-state index contributed by atoms with van der Waals surface area (Å²) in [6, 6.07) is 5.16. The zero-order chi connectivity index (χ0) is 13.9. The molecule has 0 saturated heterocycles. The standard InChI is InChI=1S/C13H17ClN2OS/c1-8-6-9(4-5-10(8)14)11(17)16-7-13(2,3)12(15)18/h4-6H,7H2,1-3H3,(H2,15,18)(H,16,17). The van der Waals surface area contributed by atoms with Crippen LogP contribution in [0.2, 0.25) is 5.02 Å². The summed E-state index contributed by atoms with van der Waals surface area (Å²) in [4.78, 5) is 12.3. The van der Waals surface area contributed by atoms with Crippen LogP contribution in [0.3, 0.4) is 0 Å². The molecule has 1 aromatic rings. The third-order valence-electron chi connectivity index (χ3n) is 2.78. The Balaban J connectivity index is 2.72. The van der Waals surface area contributed by atoms with E-state index in [4.69, 9.17) is 29.6 Å². The Labute approximate surface area is 118 Å². The first kappa shape index (κ1) is 14.9. The molecule has 0 radical (unpaired) electrons. The van der Waals surface area contributed by atoms with Gasteiger partial charge in [-0.15, -0.1) is 0 Å². The average molecular weight is 285 g/mol. The Hall–Kier alpha value is -1.13. The number of hydrogen-bond donors (Lipinski definition) is 2. The summed E-state index contributed by atoms with van der Waals surface area (Å²) in [6.45, 7) is 6.05. The highest BCUT2D eigenvalue weighted by molar-refractivity contribution is 7.80. The van der Waals surface area contributed by atoms with Crippen LogP contribution in [0, 0.1) is 12.3 Å². The van der Waals surface area contributed by atoms with Gasteiger partial charge in [-0.2, -0.15) is 0 Å². The molecule has 1 rings (SSSR count). The maximum atomic E-state index is 11.9. The number of halogens is 1. The SMILES string of the molecule is Cc1cc(C(=O)NCC(C)(C)C(N)=S)ccc1Cl. The molecule has 0 spiro atoms. The number of nitrogens with two attached hydrogens (primary N) is 1. The summed E-state index contributed by atoms with van der Waals surface area (Å²) >= 11 is 10.9. The molecule has 0 bridgehead atoms. The van der Waals surface area contributed by atoms with Gasteiger partial charge < -0.3 is 11.1 Å². The van der Waals surface area contributed by atoms with Crippen LogP contribution in [0.5, 0.6) is 0 Å². The molecule has 18 heavy (non-hydrogen) atoms. The van der Waals surface area contributed by atoms with Crippen molar-refractivity contribution in [3.8, 4) is 0 Å². The number of thiocarbonyl (C=S) groups is 1. The second kappa shape index (κ2) is 5.67. The molecule has 3 nitrogen and oxygen atoms in total. The molecule has 0 fully saturated rings. The van der Waals surface area contributed by atoms with Crippen LogP contribution in [0.25, 0.3) is 0 Å². The van der Waals surface area contributed by atoms with Gasteiger partial charge >= 0.3 is 0 Å². The van der Waals surface area contributed by atoms with Crippen LogP contribution in [-0.2, 0) is 0 Å². The molecule has 1 aromatic carbocycles. The maximum absolute atomic E-state index is 11.9. The zero-order valence-electron chi connectivity index (χ0n) is 10.7. The molecule has 3 N–H and O–H groups in total. The van der Waals surface area contributed by atoms with Gasteiger partial charge in [-0.25, -0.2) is 0 Å². The van der Waals surface area contributed by atoms with Gasteiger partial charge in [0.2, 0.25) is 0 Å². The predicted octanol–water partition coefficient (Wildman–Crippen LogP) is 2.69. The number of hydrogen-bond acceptors (Lipinski definition) is 2. The number of carbonyl (C=O) groups excluding carboxylic acids is 1. The number of amides is 1. The fraction of sp³-hybridized carbons (Fsp3) is 0.385. The molecule has 1 amide bonds. The summed E-state index contributed by atoms with van der Waals surface area (Å²) in [7, 11) is 0. The minimum absolute atomic E-state index is 0.154. The third kappa shape index (κ3) is 3.68. The van der Waals surface area contributed by atoms with Gasteiger partial charge in [0.1, 0.15) is 0 Å². The summed E-state index contributed by atoms with van der Waals surface area (Å²) in [6.07, 6.45) is 0. The van der Waals surface area contributed by atoms with Crippen molar-refractivity contribution in [1.29, 1.82) is 0 Å². The Kier molecular flexibility index (Phi) is 4.71. The summed E-state index contributed by atoms with van der Waals surface area (Å²) in [5.74, 6) is -0.154. The van der Waals surface area contributed by atoms with Crippen molar-refractivity contribution in [2.45, 2.75) is 20.8 Å². The van der Waals surface area contributed by atoms with Crippen LogP contribution in [0.1, 0.15) is 29.8 Å². The van der Waals surface area contributed by atoms with E-state index in [-0.39, 0.29) is 5.91 Å². The number of benzene rings is 1. The van der Waals surface area contributed by atoms with E-state index in [1.165, 1.54) is 0 Å². The van der Waals surface area contributed by atoms with Gasteiger partial charge in [-0.05, 0) is 30.7 Å². The zero-order valence-corrected chi connectivity index (χ0v) is 12.3. The van der Waals surface area contributed by atoms with Crippen molar-refractivity contribution in [3.63, 3.8) is 0 Å². The van der Waals surface area contributed by atoms with Crippen LogP contribution in [-0.4, -0.2) is 17.4 Å². The Morgan fingerprint density at radius 3 is 2.61 bits per heavy atom.